The van der Waals surface area contributed by atoms with Gasteiger partial charge in [0.1, 0.15) is 0 Å². The van der Waals surface area contributed by atoms with Gasteiger partial charge in [0.25, 0.3) is 0 Å². The molecule has 0 aliphatic rings. The van der Waals surface area contributed by atoms with Crippen LogP contribution in [0.25, 0.3) is 10.9 Å². The van der Waals surface area contributed by atoms with Gasteiger partial charge in [-0.3, -0.25) is 4.98 Å². The lowest BCUT2D eigenvalue weighted by molar-refractivity contribution is 1.32. The average Bonchev–Trinajstić information content (AvgIpc) is 2.37. The fourth-order valence-electron chi connectivity index (χ4n) is 1.60. The summed E-state index contributed by atoms with van der Waals surface area (Å²) < 4.78 is 0. The highest BCUT2D eigenvalue weighted by atomic mass is 35.5. The van der Waals surface area contributed by atoms with E-state index in [9.17, 15) is 0 Å². The molecule has 0 aliphatic carbocycles. The van der Waals surface area contributed by atoms with Crippen LogP contribution in [0.3, 0.4) is 0 Å². The van der Waals surface area contributed by atoms with Crippen molar-refractivity contribution >= 4 is 39.8 Å². The van der Waals surface area contributed by atoms with E-state index in [4.69, 9.17) is 23.2 Å². The minimum atomic E-state index is 0.529. The normalized spacial score (nSPS) is 11.2. The number of nitrogens with one attached hydrogen (secondary N) is 1. The Labute approximate surface area is 110 Å². The van der Waals surface area contributed by atoms with Crippen LogP contribution in [0.2, 0.25) is 5.02 Å². The van der Waals surface area contributed by atoms with E-state index >= 15 is 0 Å². The Morgan fingerprint density at radius 1 is 1.24 bits per heavy atom. The smallest absolute Gasteiger partial charge is 0.0948 e. The first-order valence-corrected chi connectivity index (χ1v) is 6.22. The van der Waals surface area contributed by atoms with Crippen LogP contribution < -0.4 is 5.32 Å². The van der Waals surface area contributed by atoms with E-state index in [1.165, 1.54) is 0 Å². The standard InChI is InChI=1S/C13H12Cl2N2/c14-7-1-2-8-16-12-6-5-11(15)10-4-3-9-17-13(10)12/h1-6,9,16H,7-8H2/b2-1+. The lowest BCUT2D eigenvalue weighted by Crippen LogP contribution is -1.99. The zero-order valence-corrected chi connectivity index (χ0v) is 10.7. The molecule has 0 fully saturated rings. The van der Waals surface area contributed by atoms with Gasteiger partial charge in [0.2, 0.25) is 0 Å². The van der Waals surface area contributed by atoms with Crippen LogP contribution in [0.5, 0.6) is 0 Å². The summed E-state index contributed by atoms with van der Waals surface area (Å²) in [6, 6.07) is 7.65. The predicted octanol–water partition coefficient (Wildman–Crippen LogP) is 4.10. The first-order chi connectivity index (χ1) is 8.33. The molecule has 4 heteroatoms. The van der Waals surface area contributed by atoms with Crippen LogP contribution in [0.15, 0.2) is 42.6 Å². The van der Waals surface area contributed by atoms with E-state index in [2.05, 4.69) is 10.3 Å². The van der Waals surface area contributed by atoms with Gasteiger partial charge in [0.15, 0.2) is 0 Å². The number of halogens is 2. The van der Waals surface area contributed by atoms with Crippen molar-refractivity contribution in [3.8, 4) is 0 Å². The maximum Gasteiger partial charge on any atom is 0.0948 e. The van der Waals surface area contributed by atoms with Crippen molar-refractivity contribution in [3.63, 3.8) is 0 Å². The highest BCUT2D eigenvalue weighted by Crippen LogP contribution is 2.27. The molecule has 0 radical (unpaired) electrons. The summed E-state index contributed by atoms with van der Waals surface area (Å²) in [6.45, 7) is 0.722. The number of rotatable bonds is 4. The minimum absolute atomic E-state index is 0.529. The van der Waals surface area contributed by atoms with Gasteiger partial charge in [-0.15, -0.1) is 11.6 Å². The number of alkyl halides is 1. The molecule has 0 saturated carbocycles. The molecule has 0 unspecified atom stereocenters. The van der Waals surface area contributed by atoms with Gasteiger partial charge < -0.3 is 5.32 Å². The number of hydrogen-bond acceptors (Lipinski definition) is 2. The van der Waals surface area contributed by atoms with Gasteiger partial charge in [0.05, 0.1) is 16.2 Å². The maximum atomic E-state index is 6.11. The highest BCUT2D eigenvalue weighted by molar-refractivity contribution is 6.35. The van der Waals surface area contributed by atoms with Crippen LogP contribution in [-0.4, -0.2) is 17.4 Å². The number of benzene rings is 1. The van der Waals surface area contributed by atoms with Crippen molar-refractivity contribution in [1.29, 1.82) is 0 Å². The SMILES string of the molecule is ClC/C=C/CNc1ccc(Cl)c2cccnc12. The molecule has 0 saturated heterocycles. The second kappa shape index (κ2) is 5.89. The fraction of sp³-hybridized carbons (Fsp3) is 0.154. The van der Waals surface area contributed by atoms with Crippen LogP contribution in [0.4, 0.5) is 5.69 Å². The molecule has 2 rings (SSSR count). The van der Waals surface area contributed by atoms with Gasteiger partial charge in [-0.1, -0.05) is 23.8 Å². The highest BCUT2D eigenvalue weighted by Gasteiger charge is 2.03. The first-order valence-electron chi connectivity index (χ1n) is 5.31. The van der Waals surface area contributed by atoms with Crippen molar-refractivity contribution in [1.82, 2.24) is 4.98 Å². The lowest BCUT2D eigenvalue weighted by atomic mass is 10.2. The number of aromatic nitrogens is 1. The monoisotopic (exact) mass is 266 g/mol. The van der Waals surface area contributed by atoms with Crippen molar-refractivity contribution < 1.29 is 0 Å². The molecule has 1 aromatic heterocycles. The summed E-state index contributed by atoms with van der Waals surface area (Å²) in [6.07, 6.45) is 5.65. The molecule has 88 valence electrons. The number of pyridine rings is 1. The number of allylic oxidation sites excluding steroid dienone is 1. The fourth-order valence-corrected chi connectivity index (χ4v) is 1.94. The Kier molecular flexibility index (Phi) is 4.24. The zero-order chi connectivity index (χ0) is 12.1. The van der Waals surface area contributed by atoms with Gasteiger partial charge in [-0.25, -0.2) is 0 Å². The summed E-state index contributed by atoms with van der Waals surface area (Å²) in [4.78, 5) is 4.34. The Balaban J connectivity index is 2.28. The van der Waals surface area contributed by atoms with E-state index in [0.717, 1.165) is 28.2 Å². The topological polar surface area (TPSA) is 24.9 Å². The van der Waals surface area contributed by atoms with Crippen molar-refractivity contribution in [2.24, 2.45) is 0 Å². The molecule has 1 heterocycles. The third kappa shape index (κ3) is 2.90. The summed E-state index contributed by atoms with van der Waals surface area (Å²) in [5, 5.41) is 4.96. The Bertz CT molecular complexity index is 538. The van der Waals surface area contributed by atoms with Crippen LogP contribution in [-0.2, 0) is 0 Å². The summed E-state index contributed by atoms with van der Waals surface area (Å²) in [5.41, 5.74) is 1.86. The second-order valence-electron chi connectivity index (χ2n) is 3.50. The average molecular weight is 267 g/mol. The molecule has 2 nitrogen and oxygen atoms in total. The van der Waals surface area contributed by atoms with Crippen LogP contribution in [0.1, 0.15) is 0 Å². The van der Waals surface area contributed by atoms with Gasteiger partial charge in [-0.05, 0) is 24.3 Å². The third-order valence-corrected chi connectivity index (χ3v) is 2.89. The quantitative estimate of drug-likeness (QED) is 0.666. The first kappa shape index (κ1) is 12.2. The number of hydrogen-bond donors (Lipinski definition) is 1. The van der Waals surface area contributed by atoms with Crippen molar-refractivity contribution in [2.75, 3.05) is 17.7 Å². The van der Waals surface area contributed by atoms with Gasteiger partial charge >= 0.3 is 0 Å². The summed E-state index contributed by atoms with van der Waals surface area (Å²) in [7, 11) is 0. The Morgan fingerprint density at radius 2 is 2.12 bits per heavy atom. The van der Waals surface area contributed by atoms with Crippen molar-refractivity contribution in [2.45, 2.75) is 0 Å². The number of nitrogens with zero attached hydrogens (tertiary/aromatic N) is 1. The van der Waals surface area contributed by atoms with Crippen molar-refractivity contribution in [3.05, 3.63) is 47.6 Å². The van der Waals surface area contributed by atoms with E-state index in [1.807, 2.05) is 36.4 Å². The van der Waals surface area contributed by atoms with E-state index in [0.29, 0.717) is 5.88 Å². The number of anilines is 1. The van der Waals surface area contributed by atoms with Gasteiger partial charge in [-0.2, -0.15) is 0 Å². The van der Waals surface area contributed by atoms with Crippen LogP contribution in [0, 0.1) is 0 Å². The van der Waals surface area contributed by atoms with E-state index in [-0.39, 0.29) is 0 Å². The molecule has 0 amide bonds. The summed E-state index contributed by atoms with van der Waals surface area (Å²) >= 11 is 11.7. The molecule has 0 bridgehead atoms. The minimum Gasteiger partial charge on any atom is -0.380 e. The maximum absolute atomic E-state index is 6.11. The molecule has 1 aromatic carbocycles. The van der Waals surface area contributed by atoms with E-state index in [1.54, 1.807) is 6.20 Å². The lowest BCUT2D eigenvalue weighted by Gasteiger charge is -2.08. The molecular formula is C13H12Cl2N2. The van der Waals surface area contributed by atoms with Gasteiger partial charge in [0, 0.05) is 24.0 Å². The predicted molar refractivity (Wildman–Crippen MR) is 75.1 cm³/mol. The molecule has 1 N–H and O–H groups in total. The molecule has 17 heavy (non-hydrogen) atoms. The molecule has 0 spiro atoms. The third-order valence-electron chi connectivity index (χ3n) is 2.38. The summed E-state index contributed by atoms with van der Waals surface area (Å²) in [5.74, 6) is 0.529. The molecule has 0 atom stereocenters. The number of fused-ring (bicyclic) bond motifs is 1. The molecular weight excluding hydrogens is 255 g/mol. The Hall–Kier alpha value is -1.25. The second-order valence-corrected chi connectivity index (χ2v) is 4.22. The zero-order valence-electron chi connectivity index (χ0n) is 9.16. The largest absolute Gasteiger partial charge is 0.380 e. The van der Waals surface area contributed by atoms with Crippen LogP contribution >= 0.6 is 23.2 Å². The van der Waals surface area contributed by atoms with E-state index < -0.39 is 0 Å². The molecule has 2 aromatic rings. The molecule has 0 aliphatic heterocycles. The Morgan fingerprint density at radius 3 is 2.94 bits per heavy atom.